The summed E-state index contributed by atoms with van der Waals surface area (Å²) in [6.45, 7) is 10.4. The summed E-state index contributed by atoms with van der Waals surface area (Å²) >= 11 is 3.41. The summed E-state index contributed by atoms with van der Waals surface area (Å²) < 4.78 is 3.93. The lowest BCUT2D eigenvalue weighted by Crippen LogP contribution is -2.44. The van der Waals surface area contributed by atoms with E-state index in [-0.39, 0.29) is 5.56 Å². The molecule has 9 nitrogen and oxygen atoms in total. The zero-order valence-corrected chi connectivity index (χ0v) is 21.4. The van der Waals surface area contributed by atoms with Crippen LogP contribution in [0.25, 0.3) is 16.9 Å². The Labute approximate surface area is 211 Å². The van der Waals surface area contributed by atoms with Crippen molar-refractivity contribution >= 4 is 44.3 Å². The third kappa shape index (κ3) is 4.59. The Morgan fingerprint density at radius 2 is 1.94 bits per heavy atom. The van der Waals surface area contributed by atoms with Crippen LogP contribution in [-0.4, -0.2) is 62.4 Å². The van der Waals surface area contributed by atoms with Gasteiger partial charge in [0.15, 0.2) is 11.5 Å². The van der Waals surface area contributed by atoms with Crippen molar-refractivity contribution in [3.8, 4) is 5.82 Å². The molecular weight excluding hydrogens is 508 g/mol. The first-order valence-electron chi connectivity index (χ1n) is 11.5. The maximum Gasteiger partial charge on any atom is 0.278 e. The summed E-state index contributed by atoms with van der Waals surface area (Å²) in [7, 11) is 2.16. The molecule has 1 fully saturated rings. The van der Waals surface area contributed by atoms with Crippen molar-refractivity contribution in [2.24, 2.45) is 0 Å². The largest absolute Gasteiger partial charge is 0.369 e. The monoisotopic (exact) mass is 534 g/mol. The van der Waals surface area contributed by atoms with Crippen LogP contribution in [0.2, 0.25) is 0 Å². The molecule has 1 saturated heterocycles. The van der Waals surface area contributed by atoms with Gasteiger partial charge in [0, 0.05) is 43.8 Å². The minimum atomic E-state index is -0.194. The van der Waals surface area contributed by atoms with Crippen molar-refractivity contribution in [1.82, 2.24) is 29.2 Å². The molecule has 4 heterocycles. The van der Waals surface area contributed by atoms with E-state index in [9.17, 15) is 4.79 Å². The second kappa shape index (κ2) is 9.63. The number of piperazine rings is 1. The van der Waals surface area contributed by atoms with Crippen molar-refractivity contribution < 1.29 is 0 Å². The number of rotatable bonds is 6. The molecule has 0 unspecified atom stereocenters. The summed E-state index contributed by atoms with van der Waals surface area (Å²) in [4.78, 5) is 31.5. The SMILES string of the molecule is C=CCn1c(=O)c2cnc(Nc3ccc(N4CCN(C)CC4)c(C)c3)nc2n1-c1cccc(Br)n1. The summed E-state index contributed by atoms with van der Waals surface area (Å²) in [5.74, 6) is 0.981. The molecule has 5 rings (SSSR count). The Hall–Kier alpha value is -3.50. The van der Waals surface area contributed by atoms with Gasteiger partial charge in [-0.15, -0.1) is 6.58 Å². The first kappa shape index (κ1) is 23.3. The Bertz CT molecular complexity index is 1450. The molecule has 0 aliphatic carbocycles. The van der Waals surface area contributed by atoms with Gasteiger partial charge in [-0.3, -0.25) is 4.79 Å². The van der Waals surface area contributed by atoms with Crippen LogP contribution in [0.4, 0.5) is 17.3 Å². The Morgan fingerprint density at radius 3 is 2.66 bits per heavy atom. The standard InChI is InChI=1S/C25H27BrN8O/c1-4-10-33-24(35)19-16-27-25(30-23(19)34(33)22-7-5-6-21(26)29-22)28-18-8-9-20(17(2)15-18)32-13-11-31(3)12-14-32/h4-9,15-16H,1,10-14H2,2-3H3,(H,27,28,30). The quantitative estimate of drug-likeness (QED) is 0.298. The van der Waals surface area contributed by atoms with Gasteiger partial charge >= 0.3 is 0 Å². The molecule has 10 heteroatoms. The van der Waals surface area contributed by atoms with Gasteiger partial charge in [-0.05, 0) is 65.8 Å². The summed E-state index contributed by atoms with van der Waals surface area (Å²) in [5, 5.41) is 3.72. The van der Waals surface area contributed by atoms with Gasteiger partial charge in [-0.1, -0.05) is 12.1 Å². The van der Waals surface area contributed by atoms with Gasteiger partial charge in [-0.2, -0.15) is 4.98 Å². The average Bonchev–Trinajstić information content (AvgIpc) is 3.11. The summed E-state index contributed by atoms with van der Waals surface area (Å²) in [6, 6.07) is 11.8. The minimum absolute atomic E-state index is 0.194. The molecule has 1 N–H and O–H groups in total. The Balaban J connectivity index is 1.50. The molecule has 3 aromatic heterocycles. The molecule has 1 aliphatic heterocycles. The van der Waals surface area contributed by atoms with Gasteiger partial charge in [-0.25, -0.2) is 19.3 Å². The third-order valence-corrected chi connectivity index (χ3v) is 6.63. The maximum absolute atomic E-state index is 13.1. The van der Waals surface area contributed by atoms with Crippen molar-refractivity contribution in [3.63, 3.8) is 0 Å². The molecule has 0 radical (unpaired) electrons. The molecule has 1 aliphatic rings. The first-order chi connectivity index (χ1) is 16.9. The molecule has 0 atom stereocenters. The number of nitrogens with zero attached hydrogens (tertiary/aromatic N) is 7. The molecule has 35 heavy (non-hydrogen) atoms. The van der Waals surface area contributed by atoms with E-state index >= 15 is 0 Å². The fourth-order valence-electron chi connectivity index (χ4n) is 4.39. The van der Waals surface area contributed by atoms with Crippen LogP contribution in [-0.2, 0) is 6.54 Å². The van der Waals surface area contributed by atoms with E-state index in [1.807, 2.05) is 24.3 Å². The van der Waals surface area contributed by atoms with E-state index in [0.717, 1.165) is 31.9 Å². The van der Waals surface area contributed by atoms with Crippen molar-refractivity contribution in [2.45, 2.75) is 13.5 Å². The molecule has 180 valence electrons. The number of pyridine rings is 1. The van der Waals surface area contributed by atoms with Gasteiger partial charge in [0.1, 0.15) is 9.99 Å². The van der Waals surface area contributed by atoms with Crippen molar-refractivity contribution in [2.75, 3.05) is 43.4 Å². The number of allylic oxidation sites excluding steroid dienone is 1. The van der Waals surface area contributed by atoms with Gasteiger partial charge < -0.3 is 15.1 Å². The highest BCUT2D eigenvalue weighted by Gasteiger charge is 2.19. The van der Waals surface area contributed by atoms with E-state index in [1.165, 1.54) is 11.3 Å². The highest BCUT2D eigenvalue weighted by Crippen LogP contribution is 2.26. The fraction of sp³-hybridized carbons (Fsp3) is 0.280. The van der Waals surface area contributed by atoms with Gasteiger partial charge in [0.25, 0.3) is 5.56 Å². The lowest BCUT2D eigenvalue weighted by Gasteiger charge is -2.35. The van der Waals surface area contributed by atoms with E-state index < -0.39 is 0 Å². The van der Waals surface area contributed by atoms with E-state index in [0.29, 0.717) is 33.9 Å². The van der Waals surface area contributed by atoms with Gasteiger partial charge in [0.05, 0.1) is 6.54 Å². The lowest BCUT2D eigenvalue weighted by atomic mass is 10.1. The predicted octanol–water partition coefficient (Wildman–Crippen LogP) is 3.73. The first-order valence-corrected chi connectivity index (χ1v) is 12.3. The number of aryl methyl sites for hydroxylation is 1. The van der Waals surface area contributed by atoms with E-state index in [2.05, 4.69) is 73.7 Å². The van der Waals surface area contributed by atoms with Crippen LogP contribution in [0.3, 0.4) is 0 Å². The molecule has 1 aromatic carbocycles. The van der Waals surface area contributed by atoms with Gasteiger partial charge in [0.2, 0.25) is 5.95 Å². The minimum Gasteiger partial charge on any atom is -0.369 e. The molecule has 0 spiro atoms. The van der Waals surface area contributed by atoms with E-state index in [4.69, 9.17) is 4.98 Å². The average molecular weight is 535 g/mol. The van der Waals surface area contributed by atoms with Crippen LogP contribution in [0.5, 0.6) is 0 Å². The van der Waals surface area contributed by atoms with Crippen molar-refractivity contribution in [3.05, 3.63) is 75.8 Å². The molecule has 0 amide bonds. The Morgan fingerprint density at radius 1 is 1.14 bits per heavy atom. The number of hydrogen-bond acceptors (Lipinski definition) is 7. The number of halogens is 1. The zero-order chi connectivity index (χ0) is 24.5. The number of anilines is 3. The molecule has 0 saturated carbocycles. The molecule has 4 aromatic rings. The predicted molar refractivity (Wildman–Crippen MR) is 143 cm³/mol. The van der Waals surface area contributed by atoms with Crippen LogP contribution in [0, 0.1) is 6.92 Å². The molecule has 0 bridgehead atoms. The number of likely N-dealkylation sites (N-methyl/N-ethyl adjacent to an activating group) is 1. The van der Waals surface area contributed by atoms with Crippen LogP contribution in [0.1, 0.15) is 5.56 Å². The number of hydrogen-bond donors (Lipinski definition) is 1. The van der Waals surface area contributed by atoms with Crippen LogP contribution >= 0.6 is 15.9 Å². The van der Waals surface area contributed by atoms with Crippen LogP contribution < -0.4 is 15.8 Å². The lowest BCUT2D eigenvalue weighted by molar-refractivity contribution is 0.312. The normalized spacial score (nSPS) is 14.4. The second-order valence-corrected chi connectivity index (χ2v) is 9.47. The molecular formula is C25H27BrN8O. The fourth-order valence-corrected chi connectivity index (χ4v) is 4.72. The number of aromatic nitrogens is 5. The smallest absolute Gasteiger partial charge is 0.278 e. The Kier molecular flexibility index (Phi) is 6.40. The number of nitrogens with one attached hydrogen (secondary N) is 1. The van der Waals surface area contributed by atoms with E-state index in [1.54, 1.807) is 21.6 Å². The number of fused-ring (bicyclic) bond motifs is 1. The highest BCUT2D eigenvalue weighted by molar-refractivity contribution is 9.10. The second-order valence-electron chi connectivity index (χ2n) is 8.65. The third-order valence-electron chi connectivity index (χ3n) is 6.19. The highest BCUT2D eigenvalue weighted by atomic mass is 79.9. The zero-order valence-electron chi connectivity index (χ0n) is 19.8. The van der Waals surface area contributed by atoms with Crippen LogP contribution in [0.15, 0.2) is 64.6 Å². The maximum atomic E-state index is 13.1. The topological polar surface area (TPSA) is 84.1 Å². The number of benzene rings is 1. The summed E-state index contributed by atoms with van der Waals surface area (Å²) in [5.41, 5.74) is 3.61. The summed E-state index contributed by atoms with van der Waals surface area (Å²) in [6.07, 6.45) is 3.23. The van der Waals surface area contributed by atoms with Crippen molar-refractivity contribution in [1.29, 1.82) is 0 Å².